The summed E-state index contributed by atoms with van der Waals surface area (Å²) in [5.74, 6) is 3.62. The van der Waals surface area contributed by atoms with Crippen molar-refractivity contribution in [3.63, 3.8) is 0 Å². The van der Waals surface area contributed by atoms with Crippen molar-refractivity contribution in [2.24, 2.45) is 17.8 Å². The number of methoxy groups -OCH3 is 2. The number of amides is 3. The van der Waals surface area contributed by atoms with E-state index in [1.807, 2.05) is 19.1 Å². The highest BCUT2D eigenvalue weighted by atomic mass is 16.5. The van der Waals surface area contributed by atoms with Gasteiger partial charge in [-0.25, -0.2) is 4.79 Å². The minimum Gasteiger partial charge on any atom is -0.497 e. The zero-order chi connectivity index (χ0) is 22.0. The molecule has 7 heteroatoms. The van der Waals surface area contributed by atoms with Gasteiger partial charge in [0.25, 0.3) is 0 Å². The van der Waals surface area contributed by atoms with Crippen molar-refractivity contribution in [3.8, 4) is 11.5 Å². The lowest BCUT2D eigenvalue weighted by Crippen LogP contribution is -2.61. The fourth-order valence-corrected chi connectivity index (χ4v) is 6.41. The second kappa shape index (κ2) is 8.97. The van der Waals surface area contributed by atoms with Gasteiger partial charge in [0.2, 0.25) is 5.91 Å². The lowest BCUT2D eigenvalue weighted by atomic mass is 9.53. The summed E-state index contributed by atoms with van der Waals surface area (Å²) in [7, 11) is 3.20. The molecule has 31 heavy (non-hydrogen) atoms. The van der Waals surface area contributed by atoms with E-state index in [-0.39, 0.29) is 29.9 Å². The maximum absolute atomic E-state index is 12.5. The lowest BCUT2D eigenvalue weighted by Gasteiger charge is -2.56. The van der Waals surface area contributed by atoms with Gasteiger partial charge in [-0.1, -0.05) is 0 Å². The van der Waals surface area contributed by atoms with Crippen LogP contribution in [0.2, 0.25) is 0 Å². The zero-order valence-electron chi connectivity index (χ0n) is 18.8. The Bertz CT molecular complexity index is 790. The van der Waals surface area contributed by atoms with Gasteiger partial charge < -0.3 is 25.4 Å². The number of hydrogen-bond acceptors (Lipinski definition) is 4. The first kappa shape index (κ1) is 21.8. The summed E-state index contributed by atoms with van der Waals surface area (Å²) in [5, 5.41) is 9.14. The molecule has 1 aromatic rings. The highest BCUT2D eigenvalue weighted by Crippen LogP contribution is 2.55. The van der Waals surface area contributed by atoms with Gasteiger partial charge in [-0.15, -0.1) is 0 Å². The molecule has 4 aliphatic rings. The number of carbonyl (C=O) groups excluding carboxylic acids is 2. The van der Waals surface area contributed by atoms with Crippen LogP contribution in [0.3, 0.4) is 0 Å². The first-order chi connectivity index (χ1) is 14.9. The van der Waals surface area contributed by atoms with Crippen molar-refractivity contribution in [1.29, 1.82) is 0 Å². The molecule has 3 N–H and O–H groups in total. The minimum absolute atomic E-state index is 0.0134. The second-order valence-corrected chi connectivity index (χ2v) is 9.73. The van der Waals surface area contributed by atoms with E-state index in [4.69, 9.17) is 9.47 Å². The van der Waals surface area contributed by atoms with Gasteiger partial charge >= 0.3 is 6.03 Å². The number of carbonyl (C=O) groups is 2. The molecule has 0 aromatic heterocycles. The van der Waals surface area contributed by atoms with Gasteiger partial charge in [-0.2, -0.15) is 0 Å². The van der Waals surface area contributed by atoms with Crippen LogP contribution in [0.4, 0.5) is 4.79 Å². The molecule has 1 aromatic carbocycles. The van der Waals surface area contributed by atoms with Crippen molar-refractivity contribution in [1.82, 2.24) is 16.0 Å². The molecule has 0 aliphatic heterocycles. The quantitative estimate of drug-likeness (QED) is 0.590. The predicted octanol–water partition coefficient (Wildman–Crippen LogP) is 3.54. The summed E-state index contributed by atoms with van der Waals surface area (Å²) in [4.78, 5) is 24.9. The van der Waals surface area contributed by atoms with Crippen LogP contribution in [0.5, 0.6) is 11.5 Å². The third-order valence-corrected chi connectivity index (χ3v) is 7.34. The second-order valence-electron chi connectivity index (χ2n) is 9.73. The van der Waals surface area contributed by atoms with Crippen molar-refractivity contribution < 1.29 is 19.1 Å². The summed E-state index contributed by atoms with van der Waals surface area (Å²) in [6, 6.07) is 5.18. The minimum atomic E-state index is -0.214. The maximum Gasteiger partial charge on any atom is 0.315 e. The summed E-state index contributed by atoms with van der Waals surface area (Å²) in [5.41, 5.74) is 0.865. The van der Waals surface area contributed by atoms with E-state index in [1.54, 1.807) is 20.3 Å². The van der Waals surface area contributed by atoms with Crippen LogP contribution in [0, 0.1) is 17.8 Å². The van der Waals surface area contributed by atoms with Crippen LogP contribution in [-0.4, -0.2) is 38.2 Å². The Hall–Kier alpha value is -2.44. The molecule has 4 fully saturated rings. The fourth-order valence-electron chi connectivity index (χ4n) is 6.41. The van der Waals surface area contributed by atoms with Crippen molar-refractivity contribution in [2.45, 2.75) is 63.5 Å². The van der Waals surface area contributed by atoms with Crippen LogP contribution in [0.25, 0.3) is 0 Å². The van der Waals surface area contributed by atoms with Crippen LogP contribution < -0.4 is 25.4 Å². The van der Waals surface area contributed by atoms with Crippen LogP contribution in [0.15, 0.2) is 18.2 Å². The number of benzene rings is 1. The van der Waals surface area contributed by atoms with E-state index < -0.39 is 0 Å². The van der Waals surface area contributed by atoms with Crippen molar-refractivity contribution in [2.75, 3.05) is 20.8 Å². The molecular weight excluding hydrogens is 394 g/mol. The monoisotopic (exact) mass is 429 g/mol. The summed E-state index contributed by atoms with van der Waals surface area (Å²) in [6.45, 7) is 2.23. The lowest BCUT2D eigenvalue weighted by molar-refractivity contribution is -0.121. The maximum atomic E-state index is 12.5. The molecule has 7 nitrogen and oxygen atoms in total. The molecule has 170 valence electrons. The largest absolute Gasteiger partial charge is 0.497 e. The zero-order valence-corrected chi connectivity index (χ0v) is 18.8. The Morgan fingerprint density at radius 3 is 2.29 bits per heavy atom. The van der Waals surface area contributed by atoms with E-state index in [1.165, 1.54) is 19.3 Å². The summed E-state index contributed by atoms with van der Waals surface area (Å²) in [6.07, 6.45) is 7.63. The van der Waals surface area contributed by atoms with Gasteiger partial charge in [0.05, 0.1) is 20.3 Å². The Kier molecular flexibility index (Phi) is 6.30. The van der Waals surface area contributed by atoms with Gasteiger partial charge in [-0.3, -0.25) is 4.79 Å². The number of urea groups is 1. The number of ether oxygens (including phenoxy) is 2. The molecule has 0 heterocycles. The van der Waals surface area contributed by atoms with Crippen molar-refractivity contribution >= 4 is 11.9 Å². The average molecular weight is 430 g/mol. The highest BCUT2D eigenvalue weighted by molar-refractivity contribution is 5.79. The predicted molar refractivity (Wildman–Crippen MR) is 118 cm³/mol. The third-order valence-electron chi connectivity index (χ3n) is 7.34. The van der Waals surface area contributed by atoms with E-state index in [0.717, 1.165) is 42.6 Å². The van der Waals surface area contributed by atoms with Gasteiger partial charge in [0.15, 0.2) is 0 Å². The normalized spacial score (nSPS) is 29.2. The molecule has 5 rings (SSSR count). The standard InChI is InChI=1S/C24H35N3O4/c1-15(20-5-4-19(30-2)11-21(20)31-3)26-22(28)6-7-25-23(29)27-24-12-16-8-17(13-24)10-18(9-16)14-24/h4-5,11,15-18H,6-10,12-14H2,1-3H3,(H,26,28)(H2,25,27,29). The first-order valence-electron chi connectivity index (χ1n) is 11.5. The summed E-state index contributed by atoms with van der Waals surface area (Å²) < 4.78 is 10.6. The molecule has 3 amide bonds. The Balaban J connectivity index is 1.22. The molecule has 1 atom stereocenters. The Morgan fingerprint density at radius 2 is 1.71 bits per heavy atom. The van der Waals surface area contributed by atoms with Gasteiger partial charge in [0.1, 0.15) is 11.5 Å². The van der Waals surface area contributed by atoms with E-state index >= 15 is 0 Å². The Labute approximate surface area is 184 Å². The molecule has 1 unspecified atom stereocenters. The van der Waals surface area contributed by atoms with E-state index in [9.17, 15) is 9.59 Å². The fraction of sp³-hybridized carbons (Fsp3) is 0.667. The SMILES string of the molecule is COc1ccc(C(C)NC(=O)CCNC(=O)NC23CC4CC(CC(C4)C2)C3)c(OC)c1. The molecule has 0 radical (unpaired) electrons. The Morgan fingerprint density at radius 1 is 1.06 bits per heavy atom. The van der Waals surface area contributed by atoms with Crippen LogP contribution in [0.1, 0.15) is 63.5 Å². The first-order valence-corrected chi connectivity index (χ1v) is 11.5. The summed E-state index contributed by atoms with van der Waals surface area (Å²) >= 11 is 0. The molecule has 4 aliphatic carbocycles. The molecular formula is C24H35N3O4. The molecule has 0 saturated heterocycles. The van der Waals surface area contributed by atoms with E-state index in [0.29, 0.717) is 18.0 Å². The highest BCUT2D eigenvalue weighted by Gasteiger charge is 2.51. The van der Waals surface area contributed by atoms with Gasteiger partial charge in [-0.05, 0) is 75.3 Å². The van der Waals surface area contributed by atoms with E-state index in [2.05, 4.69) is 16.0 Å². The molecule has 0 spiro atoms. The van der Waals surface area contributed by atoms with Crippen molar-refractivity contribution in [3.05, 3.63) is 23.8 Å². The molecule has 4 bridgehead atoms. The average Bonchev–Trinajstić information content (AvgIpc) is 2.71. The van der Waals surface area contributed by atoms with Gasteiger partial charge in [0, 0.05) is 30.1 Å². The third kappa shape index (κ3) is 4.91. The topological polar surface area (TPSA) is 88.7 Å². The number of hydrogen-bond donors (Lipinski definition) is 3. The van der Waals surface area contributed by atoms with Crippen LogP contribution >= 0.6 is 0 Å². The van der Waals surface area contributed by atoms with Crippen LogP contribution in [-0.2, 0) is 4.79 Å². The molecule has 4 saturated carbocycles. The number of rotatable bonds is 8. The smallest absolute Gasteiger partial charge is 0.315 e. The number of nitrogens with one attached hydrogen (secondary N) is 3.